The lowest BCUT2D eigenvalue weighted by Gasteiger charge is -2.03. The maximum atomic E-state index is 11.3. The molecule has 1 rings (SSSR count). The molecular weight excluding hydrogens is 168 g/mol. The summed E-state index contributed by atoms with van der Waals surface area (Å²) in [6.07, 6.45) is 0. The number of phenols is 2. The van der Waals surface area contributed by atoms with Crippen LogP contribution in [-0.2, 0) is 0 Å². The predicted molar refractivity (Wildman–Crippen MR) is 48.9 cm³/mol. The van der Waals surface area contributed by atoms with Gasteiger partial charge in [-0.1, -0.05) is 12.6 Å². The van der Waals surface area contributed by atoms with Gasteiger partial charge in [0, 0.05) is 0 Å². The van der Waals surface area contributed by atoms with Crippen LogP contribution in [0.5, 0.6) is 11.5 Å². The van der Waals surface area contributed by atoms with Gasteiger partial charge in [-0.3, -0.25) is 4.79 Å². The third kappa shape index (κ3) is 1.69. The number of hydrogen-bond acceptors (Lipinski definition) is 3. The zero-order valence-electron chi connectivity index (χ0n) is 7.24. The van der Waals surface area contributed by atoms with Crippen molar-refractivity contribution >= 4 is 5.78 Å². The third-order valence-electron chi connectivity index (χ3n) is 1.65. The molecule has 68 valence electrons. The quantitative estimate of drug-likeness (QED) is 0.413. The standard InChI is InChI=1S/C10H10O3/c1-6(2)9(12)7-4-3-5-8(11)10(7)13/h3-5,11,13H,1H2,2H3. The molecule has 0 aliphatic carbocycles. The fourth-order valence-electron chi connectivity index (χ4n) is 0.944. The smallest absolute Gasteiger partial charge is 0.191 e. The normalized spacial score (nSPS) is 9.62. The average molecular weight is 178 g/mol. The first-order valence-electron chi connectivity index (χ1n) is 3.75. The van der Waals surface area contributed by atoms with E-state index in [4.69, 9.17) is 5.11 Å². The van der Waals surface area contributed by atoms with Crippen molar-refractivity contribution < 1.29 is 15.0 Å². The predicted octanol–water partition coefficient (Wildman–Crippen LogP) is 1.86. The van der Waals surface area contributed by atoms with Gasteiger partial charge < -0.3 is 10.2 Å². The van der Waals surface area contributed by atoms with Crippen molar-refractivity contribution in [1.29, 1.82) is 0 Å². The van der Waals surface area contributed by atoms with Crippen molar-refractivity contribution in [2.75, 3.05) is 0 Å². The maximum absolute atomic E-state index is 11.3. The van der Waals surface area contributed by atoms with Crippen LogP contribution in [0.25, 0.3) is 0 Å². The number of aromatic hydroxyl groups is 2. The van der Waals surface area contributed by atoms with Gasteiger partial charge in [0.25, 0.3) is 0 Å². The van der Waals surface area contributed by atoms with Crippen molar-refractivity contribution in [2.45, 2.75) is 6.92 Å². The minimum Gasteiger partial charge on any atom is -0.504 e. The molecule has 2 N–H and O–H groups in total. The Balaban J connectivity index is 3.23. The number of carbonyl (C=O) groups is 1. The first kappa shape index (κ1) is 9.32. The minimum atomic E-state index is -0.393. The minimum absolute atomic E-state index is 0.0764. The van der Waals surface area contributed by atoms with Gasteiger partial charge in [0.15, 0.2) is 17.3 Å². The maximum Gasteiger partial charge on any atom is 0.191 e. The van der Waals surface area contributed by atoms with Crippen LogP contribution < -0.4 is 0 Å². The second kappa shape index (κ2) is 3.31. The van der Waals surface area contributed by atoms with Crippen molar-refractivity contribution in [2.24, 2.45) is 0 Å². The molecule has 0 aliphatic rings. The molecule has 0 saturated heterocycles. The average Bonchev–Trinajstić information content (AvgIpc) is 2.08. The number of hydrogen-bond donors (Lipinski definition) is 2. The molecule has 13 heavy (non-hydrogen) atoms. The summed E-state index contributed by atoms with van der Waals surface area (Å²) in [5.74, 6) is -1.06. The molecule has 1 aromatic rings. The van der Waals surface area contributed by atoms with Crippen molar-refractivity contribution in [3.05, 3.63) is 35.9 Å². The van der Waals surface area contributed by atoms with Crippen LogP contribution in [-0.4, -0.2) is 16.0 Å². The van der Waals surface area contributed by atoms with Crippen LogP contribution in [0.1, 0.15) is 17.3 Å². The van der Waals surface area contributed by atoms with Gasteiger partial charge in [0.1, 0.15) is 0 Å². The van der Waals surface area contributed by atoms with Gasteiger partial charge in [-0.25, -0.2) is 0 Å². The van der Waals surface area contributed by atoms with Crippen molar-refractivity contribution in [3.63, 3.8) is 0 Å². The van der Waals surface area contributed by atoms with Crippen LogP contribution >= 0.6 is 0 Å². The van der Waals surface area contributed by atoms with E-state index < -0.39 is 5.75 Å². The van der Waals surface area contributed by atoms with E-state index in [9.17, 15) is 9.90 Å². The van der Waals surface area contributed by atoms with E-state index in [1.54, 1.807) is 6.92 Å². The number of benzene rings is 1. The first-order chi connectivity index (χ1) is 6.04. The second-order valence-corrected chi connectivity index (χ2v) is 2.78. The van der Waals surface area contributed by atoms with Crippen molar-refractivity contribution in [3.8, 4) is 11.5 Å². The number of para-hydroxylation sites is 1. The number of rotatable bonds is 2. The summed E-state index contributed by atoms with van der Waals surface area (Å²) in [6, 6.07) is 4.24. The molecule has 0 amide bonds. The number of allylic oxidation sites excluding steroid dienone is 1. The highest BCUT2D eigenvalue weighted by Crippen LogP contribution is 2.29. The third-order valence-corrected chi connectivity index (χ3v) is 1.65. The summed E-state index contributed by atoms with van der Waals surface area (Å²) in [5, 5.41) is 18.4. The Morgan fingerprint density at radius 2 is 2.00 bits per heavy atom. The Kier molecular flexibility index (Phi) is 2.37. The van der Waals surface area contributed by atoms with Gasteiger partial charge in [-0.15, -0.1) is 0 Å². The van der Waals surface area contributed by atoms with Crippen molar-refractivity contribution in [1.82, 2.24) is 0 Å². The highest BCUT2D eigenvalue weighted by Gasteiger charge is 2.13. The molecule has 0 fully saturated rings. The summed E-state index contributed by atoms with van der Waals surface area (Å²) in [7, 11) is 0. The topological polar surface area (TPSA) is 57.5 Å². The summed E-state index contributed by atoms with van der Waals surface area (Å²) >= 11 is 0. The molecular formula is C10H10O3. The van der Waals surface area contributed by atoms with E-state index in [2.05, 4.69) is 6.58 Å². The molecule has 0 spiro atoms. The van der Waals surface area contributed by atoms with Crippen LogP contribution in [0.4, 0.5) is 0 Å². The highest BCUT2D eigenvalue weighted by molar-refractivity contribution is 6.10. The lowest BCUT2D eigenvalue weighted by molar-refractivity contribution is 0.103. The second-order valence-electron chi connectivity index (χ2n) is 2.78. The summed E-state index contributed by atoms with van der Waals surface area (Å²) in [4.78, 5) is 11.3. The molecule has 0 radical (unpaired) electrons. The fraction of sp³-hybridized carbons (Fsp3) is 0.100. The van der Waals surface area contributed by atoms with Gasteiger partial charge in [-0.05, 0) is 24.6 Å². The molecule has 0 heterocycles. The molecule has 0 aromatic heterocycles. The SMILES string of the molecule is C=C(C)C(=O)c1cccc(O)c1O. The highest BCUT2D eigenvalue weighted by atomic mass is 16.3. The molecule has 3 heteroatoms. The molecule has 3 nitrogen and oxygen atoms in total. The fourth-order valence-corrected chi connectivity index (χ4v) is 0.944. The lowest BCUT2D eigenvalue weighted by atomic mass is 10.0. The van der Waals surface area contributed by atoms with Crippen LogP contribution in [0.3, 0.4) is 0 Å². The van der Waals surface area contributed by atoms with Gasteiger partial charge in [0.05, 0.1) is 5.56 Å². The van der Waals surface area contributed by atoms with Gasteiger partial charge in [-0.2, -0.15) is 0 Å². The van der Waals surface area contributed by atoms with Gasteiger partial charge in [0.2, 0.25) is 0 Å². The van der Waals surface area contributed by atoms with Crippen LogP contribution in [0.15, 0.2) is 30.4 Å². The molecule has 0 atom stereocenters. The molecule has 0 unspecified atom stereocenters. The number of carbonyl (C=O) groups excluding carboxylic acids is 1. The zero-order valence-corrected chi connectivity index (χ0v) is 7.24. The number of ketones is 1. The Labute approximate surface area is 76.0 Å². The monoisotopic (exact) mass is 178 g/mol. The van der Waals surface area contributed by atoms with Crippen LogP contribution in [0, 0.1) is 0 Å². The van der Waals surface area contributed by atoms with E-state index >= 15 is 0 Å². The number of Topliss-reactive ketones (excluding diaryl/α,β-unsaturated/α-hetero) is 1. The summed E-state index contributed by atoms with van der Waals surface area (Å²) < 4.78 is 0. The number of phenolic OH excluding ortho intramolecular Hbond substituents is 2. The van der Waals surface area contributed by atoms with E-state index in [1.807, 2.05) is 0 Å². The van der Waals surface area contributed by atoms with E-state index in [-0.39, 0.29) is 17.1 Å². The van der Waals surface area contributed by atoms with E-state index in [0.29, 0.717) is 5.57 Å². The molecule has 0 saturated carbocycles. The van der Waals surface area contributed by atoms with E-state index in [1.165, 1.54) is 18.2 Å². The lowest BCUT2D eigenvalue weighted by Crippen LogP contribution is -1.99. The Morgan fingerprint density at radius 3 is 2.54 bits per heavy atom. The molecule has 0 aliphatic heterocycles. The first-order valence-corrected chi connectivity index (χ1v) is 3.75. The Morgan fingerprint density at radius 1 is 1.38 bits per heavy atom. The Bertz CT molecular complexity index is 366. The van der Waals surface area contributed by atoms with Gasteiger partial charge >= 0.3 is 0 Å². The zero-order chi connectivity index (χ0) is 10.0. The summed E-state index contributed by atoms with van der Waals surface area (Å²) in [5.41, 5.74) is 0.397. The molecule has 0 bridgehead atoms. The molecule has 1 aromatic carbocycles. The van der Waals surface area contributed by atoms with E-state index in [0.717, 1.165) is 0 Å². The Hall–Kier alpha value is -1.77. The van der Waals surface area contributed by atoms with Crippen LogP contribution in [0.2, 0.25) is 0 Å². The summed E-state index contributed by atoms with van der Waals surface area (Å²) in [6.45, 7) is 5.01. The largest absolute Gasteiger partial charge is 0.504 e.